The van der Waals surface area contributed by atoms with Gasteiger partial charge >= 0.3 is 0 Å². The van der Waals surface area contributed by atoms with Crippen molar-refractivity contribution in [2.45, 2.75) is 69.5 Å². The van der Waals surface area contributed by atoms with Crippen molar-refractivity contribution in [2.24, 2.45) is 0 Å². The summed E-state index contributed by atoms with van der Waals surface area (Å²) in [6.45, 7) is 5.21. The summed E-state index contributed by atoms with van der Waals surface area (Å²) in [4.78, 5) is 7.88. The molecule has 1 aliphatic rings. The third kappa shape index (κ3) is 4.65. The van der Waals surface area contributed by atoms with Crippen LogP contribution < -0.4 is 5.32 Å². The number of hydrogen-bond acceptors (Lipinski definition) is 3. The lowest BCUT2D eigenvalue weighted by Crippen LogP contribution is -2.21. The van der Waals surface area contributed by atoms with Crippen LogP contribution in [0.25, 0.3) is 0 Å². The molecule has 0 amide bonds. The first-order valence-corrected chi connectivity index (χ1v) is 8.16. The van der Waals surface area contributed by atoms with Crippen molar-refractivity contribution in [3.63, 3.8) is 0 Å². The summed E-state index contributed by atoms with van der Waals surface area (Å²) in [5, 5.41) is 4.26. The summed E-state index contributed by atoms with van der Waals surface area (Å²) in [7, 11) is 0. The molecular formula is C14H25N3S. The number of nitrogens with one attached hydrogen (secondary N) is 2. The van der Waals surface area contributed by atoms with Crippen molar-refractivity contribution < 1.29 is 0 Å². The molecule has 1 aromatic rings. The summed E-state index contributed by atoms with van der Waals surface area (Å²) in [5.74, 6) is 2.16. The van der Waals surface area contributed by atoms with Crippen LogP contribution in [0.15, 0.2) is 6.20 Å². The molecule has 2 rings (SSSR count). The van der Waals surface area contributed by atoms with Gasteiger partial charge in [0.2, 0.25) is 0 Å². The quantitative estimate of drug-likeness (QED) is 0.829. The minimum Gasteiger partial charge on any atom is -0.344 e. The third-order valence-corrected chi connectivity index (χ3v) is 4.77. The molecule has 0 spiro atoms. The molecule has 0 aromatic carbocycles. The Balaban J connectivity index is 1.72. The number of thioether (sulfide) groups is 1. The van der Waals surface area contributed by atoms with Crippen LogP contribution in [0.3, 0.4) is 0 Å². The van der Waals surface area contributed by atoms with Crippen molar-refractivity contribution in [3.05, 3.63) is 17.7 Å². The zero-order valence-corrected chi connectivity index (χ0v) is 12.4. The lowest BCUT2D eigenvalue weighted by atomic mass is 10.0. The molecule has 2 N–H and O–H groups in total. The molecule has 1 aromatic heterocycles. The number of aromatic nitrogens is 2. The molecule has 3 nitrogen and oxygen atoms in total. The van der Waals surface area contributed by atoms with Crippen LogP contribution in [-0.2, 0) is 12.3 Å². The molecule has 102 valence electrons. The van der Waals surface area contributed by atoms with Gasteiger partial charge in [-0.2, -0.15) is 11.8 Å². The fourth-order valence-corrected chi connectivity index (χ4v) is 3.52. The van der Waals surface area contributed by atoms with E-state index >= 15 is 0 Å². The fourth-order valence-electron chi connectivity index (χ4n) is 2.31. The van der Waals surface area contributed by atoms with E-state index in [9.17, 15) is 0 Å². The topological polar surface area (TPSA) is 40.7 Å². The number of H-pyrrole nitrogens is 1. The smallest absolute Gasteiger partial charge is 0.116 e. The van der Waals surface area contributed by atoms with Crippen LogP contribution in [0.4, 0.5) is 0 Å². The largest absolute Gasteiger partial charge is 0.344 e. The first kappa shape index (κ1) is 13.9. The highest BCUT2D eigenvalue weighted by Gasteiger charge is 2.14. The van der Waals surface area contributed by atoms with Gasteiger partial charge in [-0.3, -0.25) is 0 Å². The summed E-state index contributed by atoms with van der Waals surface area (Å²) < 4.78 is 0. The minimum atomic E-state index is 0.522. The number of imidazole rings is 1. The molecule has 18 heavy (non-hydrogen) atoms. The van der Waals surface area contributed by atoms with Crippen molar-refractivity contribution in [1.82, 2.24) is 15.3 Å². The van der Waals surface area contributed by atoms with E-state index in [1.165, 1.54) is 37.8 Å². The summed E-state index contributed by atoms with van der Waals surface area (Å²) in [5.41, 5.74) is 1.20. The van der Waals surface area contributed by atoms with Gasteiger partial charge in [-0.25, -0.2) is 4.98 Å². The van der Waals surface area contributed by atoms with Crippen molar-refractivity contribution in [3.8, 4) is 0 Å². The summed E-state index contributed by atoms with van der Waals surface area (Å²) in [6.07, 6.45) is 9.02. The van der Waals surface area contributed by atoms with Gasteiger partial charge in [-0.05, 0) is 12.8 Å². The maximum absolute atomic E-state index is 4.46. The monoisotopic (exact) mass is 267 g/mol. The lowest BCUT2D eigenvalue weighted by molar-refractivity contribution is 0.516. The van der Waals surface area contributed by atoms with Gasteiger partial charge in [-0.15, -0.1) is 0 Å². The second-order valence-corrected chi connectivity index (χ2v) is 6.75. The minimum absolute atomic E-state index is 0.522. The Morgan fingerprint density at radius 1 is 1.39 bits per heavy atom. The van der Waals surface area contributed by atoms with E-state index in [2.05, 4.69) is 40.9 Å². The Labute approximate surface area is 115 Å². The lowest BCUT2D eigenvalue weighted by Gasteiger charge is -2.20. The van der Waals surface area contributed by atoms with Crippen LogP contribution in [0.1, 0.15) is 57.5 Å². The highest BCUT2D eigenvalue weighted by Crippen LogP contribution is 2.29. The maximum Gasteiger partial charge on any atom is 0.116 e. The normalized spacial score (nSPS) is 17.5. The molecule has 1 fully saturated rings. The van der Waals surface area contributed by atoms with Gasteiger partial charge in [0.1, 0.15) is 5.82 Å². The van der Waals surface area contributed by atoms with Gasteiger partial charge in [0.05, 0.1) is 5.75 Å². The fraction of sp³-hybridized carbons (Fsp3) is 0.786. The second-order valence-electron chi connectivity index (χ2n) is 5.46. The van der Waals surface area contributed by atoms with E-state index in [-0.39, 0.29) is 0 Å². The summed E-state index contributed by atoms with van der Waals surface area (Å²) >= 11 is 2.07. The zero-order chi connectivity index (χ0) is 12.8. The first-order chi connectivity index (χ1) is 8.74. The van der Waals surface area contributed by atoms with Crippen molar-refractivity contribution >= 4 is 11.8 Å². The molecule has 1 saturated carbocycles. The Morgan fingerprint density at radius 2 is 2.17 bits per heavy atom. The highest BCUT2D eigenvalue weighted by atomic mass is 32.2. The van der Waals surface area contributed by atoms with Gasteiger partial charge in [0, 0.05) is 29.7 Å². The van der Waals surface area contributed by atoms with Gasteiger partial charge in [-0.1, -0.05) is 33.1 Å². The van der Waals surface area contributed by atoms with E-state index in [0.29, 0.717) is 6.04 Å². The Kier molecular flexibility index (Phi) is 5.57. The number of aromatic amines is 1. The van der Waals surface area contributed by atoms with Gasteiger partial charge in [0.15, 0.2) is 0 Å². The molecule has 0 atom stereocenters. The van der Waals surface area contributed by atoms with E-state index in [1.54, 1.807) is 0 Å². The van der Waals surface area contributed by atoms with Gasteiger partial charge < -0.3 is 10.3 Å². The average molecular weight is 267 g/mol. The van der Waals surface area contributed by atoms with Crippen molar-refractivity contribution in [2.75, 3.05) is 0 Å². The Bertz CT molecular complexity index is 343. The molecular weight excluding hydrogens is 242 g/mol. The van der Waals surface area contributed by atoms with Crippen LogP contribution in [0.5, 0.6) is 0 Å². The molecule has 0 radical (unpaired) electrons. The van der Waals surface area contributed by atoms with E-state index in [1.807, 2.05) is 6.20 Å². The molecule has 0 saturated heterocycles. The van der Waals surface area contributed by atoms with Crippen LogP contribution in [0, 0.1) is 0 Å². The first-order valence-electron chi connectivity index (χ1n) is 7.12. The molecule has 0 bridgehead atoms. The van der Waals surface area contributed by atoms with E-state index < -0.39 is 0 Å². The molecule has 0 aliphatic heterocycles. The number of nitrogens with zero attached hydrogens (tertiary/aromatic N) is 1. The molecule has 0 unspecified atom stereocenters. The summed E-state index contributed by atoms with van der Waals surface area (Å²) in [6, 6.07) is 0.522. The van der Waals surface area contributed by atoms with E-state index in [4.69, 9.17) is 0 Å². The number of rotatable bonds is 6. The molecule has 1 heterocycles. The maximum atomic E-state index is 4.46. The zero-order valence-electron chi connectivity index (χ0n) is 11.5. The Hall–Kier alpha value is -0.480. The van der Waals surface area contributed by atoms with Crippen LogP contribution in [0.2, 0.25) is 0 Å². The SMILES string of the molecule is CC(C)NCc1cnc(CSC2CCCCC2)[nH]1. The van der Waals surface area contributed by atoms with Crippen molar-refractivity contribution in [1.29, 1.82) is 0 Å². The van der Waals surface area contributed by atoms with Gasteiger partial charge in [0.25, 0.3) is 0 Å². The standard InChI is InChI=1S/C14H25N3S/c1-11(2)15-8-12-9-16-14(17-12)10-18-13-6-4-3-5-7-13/h9,11,13,15H,3-8,10H2,1-2H3,(H,16,17). The third-order valence-electron chi connectivity index (χ3n) is 3.39. The Morgan fingerprint density at radius 3 is 2.89 bits per heavy atom. The van der Waals surface area contributed by atoms with Crippen LogP contribution in [-0.4, -0.2) is 21.3 Å². The predicted molar refractivity (Wildman–Crippen MR) is 78.7 cm³/mol. The number of hydrogen-bond donors (Lipinski definition) is 2. The second kappa shape index (κ2) is 7.19. The molecule has 4 heteroatoms. The highest BCUT2D eigenvalue weighted by molar-refractivity contribution is 7.99. The average Bonchev–Trinajstić information content (AvgIpc) is 2.83. The van der Waals surface area contributed by atoms with Crippen LogP contribution >= 0.6 is 11.8 Å². The predicted octanol–water partition coefficient (Wildman–Crippen LogP) is 3.47. The van der Waals surface area contributed by atoms with E-state index in [0.717, 1.165) is 23.4 Å². The molecule has 1 aliphatic carbocycles.